The molecule has 0 bridgehead atoms. The molecule has 4 N–H and O–H groups in total. The molecule has 1 unspecified atom stereocenters. The van der Waals surface area contributed by atoms with Crippen LogP contribution in [0.5, 0.6) is 5.75 Å². The Morgan fingerprint density at radius 3 is 2.67 bits per heavy atom. The Kier molecular flexibility index (Phi) is 7.82. The van der Waals surface area contributed by atoms with Gasteiger partial charge in [0.15, 0.2) is 17.1 Å². The number of hydrogen-bond acceptors (Lipinski definition) is 6. The van der Waals surface area contributed by atoms with E-state index in [1.807, 2.05) is 0 Å². The van der Waals surface area contributed by atoms with Crippen molar-refractivity contribution < 1.29 is 31.8 Å². The maximum Gasteiger partial charge on any atom is 0.276 e. The van der Waals surface area contributed by atoms with Crippen molar-refractivity contribution in [1.29, 1.82) is 5.26 Å². The van der Waals surface area contributed by atoms with Crippen molar-refractivity contribution in [3.63, 3.8) is 0 Å². The molecular weight excluding hydrogens is 458 g/mol. The number of halogens is 2. The van der Waals surface area contributed by atoms with E-state index >= 15 is 0 Å². The first-order chi connectivity index (χ1) is 15.2. The lowest BCUT2D eigenvalue weighted by Crippen LogP contribution is -2.19. The third kappa shape index (κ3) is 7.02. The molecule has 33 heavy (non-hydrogen) atoms. The van der Waals surface area contributed by atoms with Crippen molar-refractivity contribution in [3.8, 4) is 23.7 Å². The number of hydrogen-bond donors (Lipinski definition) is 3. The molecule has 176 valence electrons. The number of nitrogens with zero attached hydrogens (tertiary/aromatic N) is 2. The van der Waals surface area contributed by atoms with Crippen molar-refractivity contribution in [2.24, 2.45) is 12.2 Å². The number of aliphatic hydroxyl groups is 1. The van der Waals surface area contributed by atoms with Crippen LogP contribution in [0.15, 0.2) is 29.3 Å². The number of alkyl halides is 1. The van der Waals surface area contributed by atoms with Crippen molar-refractivity contribution in [1.82, 2.24) is 4.57 Å². The normalized spacial score (nSPS) is 12.3. The van der Waals surface area contributed by atoms with Crippen LogP contribution in [0.1, 0.15) is 36.3 Å². The fraction of sp³-hybridized carbons (Fsp3) is 0.333. The van der Waals surface area contributed by atoms with Crippen LogP contribution in [-0.4, -0.2) is 42.4 Å². The Labute approximate surface area is 189 Å². The zero-order valence-corrected chi connectivity index (χ0v) is 18.8. The standard InChI is InChI=1S/C21H22F2N4O5S/c1-21(2,23)8-6-15(28)7-9-32-19-17(33(25,30)31)12-27(3)18(19)20(29)26-14-4-5-16(22)13(10-14)11-24/h4-5,10,12,15,28H,7,9H2,1-3H3,(H,26,29)(H2,25,30,31). The topological polar surface area (TPSA) is 147 Å². The fourth-order valence-corrected chi connectivity index (χ4v) is 3.38. The van der Waals surface area contributed by atoms with E-state index in [1.165, 1.54) is 31.5 Å². The van der Waals surface area contributed by atoms with Gasteiger partial charge in [0.05, 0.1) is 12.2 Å². The summed E-state index contributed by atoms with van der Waals surface area (Å²) >= 11 is 0. The van der Waals surface area contributed by atoms with E-state index in [4.69, 9.17) is 15.1 Å². The molecule has 2 aromatic rings. The quantitative estimate of drug-likeness (QED) is 0.515. The average molecular weight is 480 g/mol. The summed E-state index contributed by atoms with van der Waals surface area (Å²) in [5.41, 5.74) is -2.25. The summed E-state index contributed by atoms with van der Waals surface area (Å²) in [5.74, 6) is 2.57. The summed E-state index contributed by atoms with van der Waals surface area (Å²) in [6.45, 7) is 2.17. The first kappa shape index (κ1) is 25.8. The monoisotopic (exact) mass is 480 g/mol. The highest BCUT2D eigenvalue weighted by atomic mass is 32.2. The van der Waals surface area contributed by atoms with E-state index in [1.54, 1.807) is 6.07 Å². The van der Waals surface area contributed by atoms with Crippen LogP contribution >= 0.6 is 0 Å². The maximum absolute atomic E-state index is 13.5. The number of aryl methyl sites for hydroxylation is 1. The number of rotatable bonds is 7. The zero-order valence-electron chi connectivity index (χ0n) is 18.0. The largest absolute Gasteiger partial charge is 0.490 e. The van der Waals surface area contributed by atoms with Crippen LogP contribution < -0.4 is 15.2 Å². The van der Waals surface area contributed by atoms with Gasteiger partial charge in [-0.2, -0.15) is 5.26 Å². The minimum Gasteiger partial charge on any atom is -0.490 e. The second-order valence-electron chi connectivity index (χ2n) is 7.48. The molecule has 9 nitrogen and oxygen atoms in total. The SMILES string of the molecule is Cn1cc(S(N)(=O)=O)c(OCCC(O)C#CC(C)(C)F)c1C(=O)Nc1ccc(F)c(C#N)c1. The molecule has 0 aliphatic carbocycles. The number of nitrogens with two attached hydrogens (primary N) is 1. The zero-order chi connectivity index (χ0) is 25.0. The van der Waals surface area contributed by atoms with Crippen LogP contribution in [0.2, 0.25) is 0 Å². The predicted octanol–water partition coefficient (Wildman–Crippen LogP) is 1.82. The van der Waals surface area contributed by atoms with E-state index < -0.39 is 38.4 Å². The van der Waals surface area contributed by atoms with Gasteiger partial charge in [0.25, 0.3) is 5.91 Å². The van der Waals surface area contributed by atoms with Crippen LogP contribution in [0, 0.1) is 29.0 Å². The Morgan fingerprint density at radius 1 is 1.42 bits per heavy atom. The number of carbonyl (C=O) groups is 1. The minimum absolute atomic E-state index is 0.0850. The first-order valence-corrected chi connectivity index (χ1v) is 11.0. The molecule has 12 heteroatoms. The predicted molar refractivity (Wildman–Crippen MR) is 115 cm³/mol. The number of aliphatic hydroxyl groups excluding tert-OH is 1. The van der Waals surface area contributed by atoms with Crippen molar-refractivity contribution in [2.45, 2.75) is 36.9 Å². The molecular formula is C21H22F2N4O5S. The van der Waals surface area contributed by atoms with Crippen molar-refractivity contribution in [2.75, 3.05) is 11.9 Å². The van der Waals surface area contributed by atoms with Gasteiger partial charge >= 0.3 is 0 Å². The average Bonchev–Trinajstić information content (AvgIpc) is 3.04. The van der Waals surface area contributed by atoms with E-state index in [2.05, 4.69) is 17.2 Å². The molecule has 0 aliphatic heterocycles. The van der Waals surface area contributed by atoms with Crippen molar-refractivity contribution in [3.05, 3.63) is 41.5 Å². The molecule has 1 amide bonds. The summed E-state index contributed by atoms with van der Waals surface area (Å²) in [6, 6.07) is 4.97. The van der Waals surface area contributed by atoms with Gasteiger partial charge in [0.1, 0.15) is 22.9 Å². The lowest BCUT2D eigenvalue weighted by Gasteiger charge is -2.12. The summed E-state index contributed by atoms with van der Waals surface area (Å²) in [4.78, 5) is 12.4. The second kappa shape index (κ2) is 10.0. The lowest BCUT2D eigenvalue weighted by molar-refractivity contribution is 0.101. The van der Waals surface area contributed by atoms with Gasteiger partial charge in [-0.25, -0.2) is 22.3 Å². The number of nitrogens with one attached hydrogen (secondary N) is 1. The van der Waals surface area contributed by atoms with Gasteiger partial charge in [-0.3, -0.25) is 4.79 Å². The Balaban J connectivity index is 2.31. The number of amides is 1. The van der Waals surface area contributed by atoms with E-state index in [9.17, 15) is 27.1 Å². The van der Waals surface area contributed by atoms with Crippen LogP contribution in [0.3, 0.4) is 0 Å². The number of carbonyl (C=O) groups excluding carboxylic acids is 1. The Bertz CT molecular complexity index is 1260. The second-order valence-corrected chi connectivity index (χ2v) is 9.01. The third-order valence-electron chi connectivity index (χ3n) is 4.14. The molecule has 1 aromatic carbocycles. The summed E-state index contributed by atoms with van der Waals surface area (Å²) in [7, 11) is -2.92. The van der Waals surface area contributed by atoms with Gasteiger partial charge < -0.3 is 19.7 Å². The lowest BCUT2D eigenvalue weighted by atomic mass is 10.1. The number of benzene rings is 1. The third-order valence-corrected chi connectivity index (χ3v) is 5.05. The number of aromatic nitrogens is 1. The maximum atomic E-state index is 13.5. The summed E-state index contributed by atoms with van der Waals surface area (Å²) < 4.78 is 57.6. The molecule has 1 aromatic heterocycles. The molecule has 0 spiro atoms. The minimum atomic E-state index is -4.30. The molecule has 0 aliphatic rings. The van der Waals surface area contributed by atoms with Gasteiger partial charge in [-0.1, -0.05) is 11.8 Å². The number of sulfonamides is 1. The summed E-state index contributed by atoms with van der Waals surface area (Å²) in [5, 5.41) is 26.5. The highest BCUT2D eigenvalue weighted by molar-refractivity contribution is 7.89. The van der Waals surface area contributed by atoms with Crippen molar-refractivity contribution >= 4 is 21.6 Å². The van der Waals surface area contributed by atoms with Gasteiger partial charge in [-0.15, -0.1) is 0 Å². The van der Waals surface area contributed by atoms with Gasteiger partial charge in [0.2, 0.25) is 10.0 Å². The number of nitriles is 1. The Hall–Kier alpha value is -3.45. The molecule has 0 radical (unpaired) electrons. The number of ether oxygens (including phenoxy) is 1. The number of primary sulfonamides is 1. The smallest absolute Gasteiger partial charge is 0.276 e. The molecule has 2 rings (SSSR count). The van der Waals surface area contributed by atoms with Crippen LogP contribution in [0.4, 0.5) is 14.5 Å². The molecule has 0 saturated heterocycles. The first-order valence-electron chi connectivity index (χ1n) is 9.48. The van der Waals surface area contributed by atoms with Gasteiger partial charge in [0, 0.05) is 25.4 Å². The van der Waals surface area contributed by atoms with E-state index in [0.717, 1.165) is 18.3 Å². The Morgan fingerprint density at radius 2 is 2.09 bits per heavy atom. The molecule has 0 fully saturated rings. The molecule has 0 saturated carbocycles. The number of anilines is 1. The highest BCUT2D eigenvalue weighted by Gasteiger charge is 2.28. The highest BCUT2D eigenvalue weighted by Crippen LogP contribution is 2.30. The van der Waals surface area contributed by atoms with E-state index in [-0.39, 0.29) is 35.7 Å². The van der Waals surface area contributed by atoms with Gasteiger partial charge in [-0.05, 0) is 32.0 Å². The van der Waals surface area contributed by atoms with Crippen LogP contribution in [-0.2, 0) is 17.1 Å². The summed E-state index contributed by atoms with van der Waals surface area (Å²) in [6.07, 6.45) is -0.304. The molecule has 1 heterocycles. The fourth-order valence-electron chi connectivity index (χ4n) is 2.66. The van der Waals surface area contributed by atoms with E-state index in [0.29, 0.717) is 0 Å². The molecule has 1 atom stereocenters. The van der Waals surface area contributed by atoms with Crippen LogP contribution in [0.25, 0.3) is 0 Å².